The van der Waals surface area contributed by atoms with Gasteiger partial charge in [-0.2, -0.15) is 0 Å². The van der Waals surface area contributed by atoms with Gasteiger partial charge in [0.05, 0.1) is 0 Å². The molecule has 84 valence electrons. The second-order valence-corrected chi connectivity index (χ2v) is 3.89. The van der Waals surface area contributed by atoms with Crippen LogP contribution in [0, 0.1) is 17.6 Å². The summed E-state index contributed by atoms with van der Waals surface area (Å²) < 4.78 is 25.4. The molecule has 1 nitrogen and oxygen atoms in total. The fourth-order valence-electron chi connectivity index (χ4n) is 1.26. The lowest BCUT2D eigenvalue weighted by atomic mass is 10.1. The predicted molar refractivity (Wildman–Crippen MR) is 57.5 cm³/mol. The first-order valence-corrected chi connectivity index (χ1v) is 5.28. The Morgan fingerprint density at radius 1 is 1.27 bits per heavy atom. The van der Waals surface area contributed by atoms with Crippen molar-refractivity contribution in [3.63, 3.8) is 0 Å². The molecular formula is C12H17F2N. The standard InChI is InChI=1S/C12H17F2N/c1-3-9(2)7-15-8-10-4-5-11(13)12(14)6-10/h4-6,9,15H,3,7-8H2,1-2H3/t9-/m0/s1. The third-order valence-electron chi connectivity index (χ3n) is 2.50. The number of rotatable bonds is 5. The molecule has 0 aromatic heterocycles. The lowest BCUT2D eigenvalue weighted by molar-refractivity contribution is 0.492. The first-order chi connectivity index (χ1) is 7.13. The van der Waals surface area contributed by atoms with Crippen LogP contribution in [0.15, 0.2) is 18.2 Å². The summed E-state index contributed by atoms with van der Waals surface area (Å²) in [5.74, 6) is -0.964. The Morgan fingerprint density at radius 2 is 2.00 bits per heavy atom. The van der Waals surface area contributed by atoms with Crippen molar-refractivity contribution in [2.24, 2.45) is 5.92 Å². The molecule has 0 unspecified atom stereocenters. The average Bonchev–Trinajstić information content (AvgIpc) is 2.23. The molecule has 0 heterocycles. The van der Waals surface area contributed by atoms with Gasteiger partial charge in [0.1, 0.15) is 0 Å². The Kier molecular flexibility index (Phi) is 4.69. The maximum absolute atomic E-state index is 12.8. The summed E-state index contributed by atoms with van der Waals surface area (Å²) in [6.45, 7) is 5.76. The van der Waals surface area contributed by atoms with Gasteiger partial charge in [-0.15, -0.1) is 0 Å². The van der Waals surface area contributed by atoms with Gasteiger partial charge in [-0.3, -0.25) is 0 Å². The van der Waals surface area contributed by atoms with Gasteiger partial charge >= 0.3 is 0 Å². The molecule has 1 aromatic rings. The van der Waals surface area contributed by atoms with Crippen molar-refractivity contribution in [2.75, 3.05) is 6.54 Å². The van der Waals surface area contributed by atoms with E-state index in [0.29, 0.717) is 12.5 Å². The summed E-state index contributed by atoms with van der Waals surface area (Å²) in [5, 5.41) is 3.21. The van der Waals surface area contributed by atoms with E-state index >= 15 is 0 Å². The number of halogens is 2. The summed E-state index contributed by atoms with van der Waals surface area (Å²) in [4.78, 5) is 0. The van der Waals surface area contributed by atoms with E-state index in [4.69, 9.17) is 0 Å². The third-order valence-corrected chi connectivity index (χ3v) is 2.50. The van der Waals surface area contributed by atoms with Crippen LogP contribution in [0.25, 0.3) is 0 Å². The molecule has 15 heavy (non-hydrogen) atoms. The first-order valence-electron chi connectivity index (χ1n) is 5.28. The van der Waals surface area contributed by atoms with E-state index < -0.39 is 11.6 Å². The van der Waals surface area contributed by atoms with Crippen LogP contribution in [-0.2, 0) is 6.54 Å². The lowest BCUT2D eigenvalue weighted by Crippen LogP contribution is -2.20. The highest BCUT2D eigenvalue weighted by atomic mass is 19.2. The number of hydrogen-bond acceptors (Lipinski definition) is 1. The third kappa shape index (κ3) is 3.96. The van der Waals surface area contributed by atoms with E-state index in [1.165, 1.54) is 6.07 Å². The van der Waals surface area contributed by atoms with Gasteiger partial charge in [0.25, 0.3) is 0 Å². The number of benzene rings is 1. The maximum atomic E-state index is 12.8. The SMILES string of the molecule is CC[C@H](C)CNCc1ccc(F)c(F)c1. The van der Waals surface area contributed by atoms with Gasteiger partial charge < -0.3 is 5.32 Å². The molecule has 0 fully saturated rings. The van der Waals surface area contributed by atoms with E-state index in [1.54, 1.807) is 6.07 Å². The molecule has 0 aliphatic carbocycles. The molecule has 0 aliphatic rings. The van der Waals surface area contributed by atoms with Crippen molar-refractivity contribution in [1.82, 2.24) is 5.32 Å². The van der Waals surface area contributed by atoms with Crippen molar-refractivity contribution in [1.29, 1.82) is 0 Å². The average molecular weight is 213 g/mol. The van der Waals surface area contributed by atoms with Crippen molar-refractivity contribution in [2.45, 2.75) is 26.8 Å². The Hall–Kier alpha value is -0.960. The Labute approximate surface area is 89.5 Å². The van der Waals surface area contributed by atoms with Crippen molar-refractivity contribution in [3.05, 3.63) is 35.4 Å². The zero-order chi connectivity index (χ0) is 11.3. The van der Waals surface area contributed by atoms with Gasteiger partial charge in [0.15, 0.2) is 11.6 Å². The van der Waals surface area contributed by atoms with E-state index in [1.807, 2.05) is 0 Å². The highest BCUT2D eigenvalue weighted by molar-refractivity contribution is 5.17. The Bertz CT molecular complexity index is 312. The molecule has 0 aliphatic heterocycles. The molecule has 1 aromatic carbocycles. The minimum Gasteiger partial charge on any atom is -0.312 e. The second-order valence-electron chi connectivity index (χ2n) is 3.89. The highest BCUT2D eigenvalue weighted by Crippen LogP contribution is 2.08. The van der Waals surface area contributed by atoms with E-state index in [2.05, 4.69) is 19.2 Å². The zero-order valence-electron chi connectivity index (χ0n) is 9.19. The molecule has 0 amide bonds. The fraction of sp³-hybridized carbons (Fsp3) is 0.500. The topological polar surface area (TPSA) is 12.0 Å². The fourth-order valence-corrected chi connectivity index (χ4v) is 1.26. The van der Waals surface area contributed by atoms with Gasteiger partial charge in [0, 0.05) is 6.54 Å². The summed E-state index contributed by atoms with van der Waals surface area (Å²) in [7, 11) is 0. The molecule has 1 N–H and O–H groups in total. The minimum atomic E-state index is -0.791. The van der Waals surface area contributed by atoms with Crippen molar-refractivity contribution < 1.29 is 8.78 Å². The normalized spacial score (nSPS) is 12.8. The van der Waals surface area contributed by atoms with E-state index in [-0.39, 0.29) is 0 Å². The molecule has 0 radical (unpaired) electrons. The number of hydrogen-bond donors (Lipinski definition) is 1. The highest BCUT2D eigenvalue weighted by Gasteiger charge is 2.02. The van der Waals surface area contributed by atoms with Crippen LogP contribution in [-0.4, -0.2) is 6.54 Å². The van der Waals surface area contributed by atoms with Crippen molar-refractivity contribution >= 4 is 0 Å². The summed E-state index contributed by atoms with van der Waals surface area (Å²) in [6, 6.07) is 4.00. The molecule has 3 heteroatoms. The Balaban J connectivity index is 2.41. The number of nitrogens with one attached hydrogen (secondary N) is 1. The van der Waals surface area contributed by atoms with Crippen LogP contribution in [0.2, 0.25) is 0 Å². The summed E-state index contributed by atoms with van der Waals surface area (Å²) in [5.41, 5.74) is 0.775. The van der Waals surface area contributed by atoms with Gasteiger partial charge in [-0.05, 0) is 30.2 Å². The van der Waals surface area contributed by atoms with Crippen LogP contribution in [0.3, 0.4) is 0 Å². The van der Waals surface area contributed by atoms with Crippen LogP contribution < -0.4 is 5.32 Å². The van der Waals surface area contributed by atoms with Crippen LogP contribution >= 0.6 is 0 Å². The minimum absolute atomic E-state index is 0.585. The molecule has 1 atom stereocenters. The van der Waals surface area contributed by atoms with Crippen LogP contribution in [0.1, 0.15) is 25.8 Å². The largest absolute Gasteiger partial charge is 0.312 e. The van der Waals surface area contributed by atoms with Crippen LogP contribution in [0.5, 0.6) is 0 Å². The molecule has 0 saturated carbocycles. The van der Waals surface area contributed by atoms with Crippen molar-refractivity contribution in [3.8, 4) is 0 Å². The summed E-state index contributed by atoms with van der Waals surface area (Å²) >= 11 is 0. The van der Waals surface area contributed by atoms with Gasteiger partial charge in [-0.25, -0.2) is 8.78 Å². The maximum Gasteiger partial charge on any atom is 0.159 e. The molecule has 0 saturated heterocycles. The van der Waals surface area contributed by atoms with Crippen LogP contribution in [0.4, 0.5) is 8.78 Å². The zero-order valence-corrected chi connectivity index (χ0v) is 9.19. The Morgan fingerprint density at radius 3 is 2.60 bits per heavy atom. The molecule has 0 bridgehead atoms. The monoisotopic (exact) mass is 213 g/mol. The molecular weight excluding hydrogens is 196 g/mol. The van der Waals surface area contributed by atoms with E-state index in [0.717, 1.165) is 24.6 Å². The quantitative estimate of drug-likeness (QED) is 0.792. The molecule has 1 rings (SSSR count). The van der Waals surface area contributed by atoms with E-state index in [9.17, 15) is 8.78 Å². The second kappa shape index (κ2) is 5.81. The van der Waals surface area contributed by atoms with Gasteiger partial charge in [0.2, 0.25) is 0 Å². The smallest absolute Gasteiger partial charge is 0.159 e. The predicted octanol–water partition coefficient (Wildman–Crippen LogP) is 3.10. The molecule has 0 spiro atoms. The summed E-state index contributed by atoms with van der Waals surface area (Å²) in [6.07, 6.45) is 1.12. The first kappa shape index (κ1) is 12.1. The lowest BCUT2D eigenvalue weighted by Gasteiger charge is -2.10. The van der Waals surface area contributed by atoms with Gasteiger partial charge in [-0.1, -0.05) is 26.3 Å².